The summed E-state index contributed by atoms with van der Waals surface area (Å²) < 4.78 is 5.52. The molecule has 5 heteroatoms. The van der Waals surface area contributed by atoms with Crippen LogP contribution in [-0.4, -0.2) is 52.2 Å². The van der Waals surface area contributed by atoms with E-state index in [1.165, 1.54) is 24.8 Å². The Hall–Kier alpha value is -2.50. The smallest absolute Gasteiger partial charge is 0.240 e. The van der Waals surface area contributed by atoms with Crippen LogP contribution in [0.15, 0.2) is 59.1 Å². The Bertz CT molecular complexity index is 947. The highest BCUT2D eigenvalue weighted by molar-refractivity contribution is 5.30. The number of hydrogen-bond donors (Lipinski definition) is 0. The van der Waals surface area contributed by atoms with Gasteiger partial charge in [0.15, 0.2) is 5.82 Å². The zero-order valence-electron chi connectivity index (χ0n) is 17.5. The summed E-state index contributed by atoms with van der Waals surface area (Å²) in [6.45, 7) is 5.16. The Morgan fingerprint density at radius 1 is 0.867 bits per heavy atom. The van der Waals surface area contributed by atoms with Crippen LogP contribution in [-0.2, 0) is 32.2 Å². The van der Waals surface area contributed by atoms with Crippen molar-refractivity contribution in [3.05, 3.63) is 83.0 Å². The molecule has 0 bridgehead atoms. The highest BCUT2D eigenvalue weighted by Gasteiger charge is 2.27. The van der Waals surface area contributed by atoms with Crippen LogP contribution in [0.25, 0.3) is 0 Å². The predicted octanol–water partition coefficient (Wildman–Crippen LogP) is 3.53. The maximum atomic E-state index is 5.52. The Labute approximate surface area is 178 Å². The molecule has 30 heavy (non-hydrogen) atoms. The van der Waals surface area contributed by atoms with E-state index in [2.05, 4.69) is 68.5 Å². The summed E-state index contributed by atoms with van der Waals surface area (Å²) in [5, 5.41) is 4.18. The molecule has 1 aliphatic heterocycles. The number of piperazine rings is 1. The van der Waals surface area contributed by atoms with Gasteiger partial charge in [-0.25, -0.2) is 0 Å². The molecule has 0 amide bonds. The van der Waals surface area contributed by atoms with Crippen molar-refractivity contribution in [1.29, 1.82) is 0 Å². The summed E-state index contributed by atoms with van der Waals surface area (Å²) in [5.41, 5.74) is 4.40. The molecular weight excluding hydrogens is 372 g/mol. The third kappa shape index (κ3) is 4.63. The van der Waals surface area contributed by atoms with Crippen molar-refractivity contribution in [3.63, 3.8) is 0 Å². The van der Waals surface area contributed by atoms with Crippen LogP contribution in [0.3, 0.4) is 0 Å². The van der Waals surface area contributed by atoms with Crippen LogP contribution in [0.4, 0.5) is 0 Å². The zero-order valence-corrected chi connectivity index (χ0v) is 17.5. The predicted molar refractivity (Wildman–Crippen MR) is 117 cm³/mol. The molecule has 1 saturated heterocycles. The number of aryl methyl sites for hydroxylation is 3. The van der Waals surface area contributed by atoms with E-state index in [1.54, 1.807) is 11.1 Å². The van der Waals surface area contributed by atoms with E-state index in [4.69, 9.17) is 4.52 Å². The van der Waals surface area contributed by atoms with Gasteiger partial charge in [-0.2, -0.15) is 4.98 Å². The summed E-state index contributed by atoms with van der Waals surface area (Å²) >= 11 is 0. The van der Waals surface area contributed by atoms with E-state index in [0.29, 0.717) is 6.04 Å². The third-order valence-electron chi connectivity index (χ3n) is 6.59. The molecule has 5 nitrogen and oxygen atoms in total. The van der Waals surface area contributed by atoms with Crippen molar-refractivity contribution in [2.24, 2.45) is 0 Å². The second-order valence-corrected chi connectivity index (χ2v) is 8.57. The highest BCUT2D eigenvalue weighted by Crippen LogP contribution is 2.25. The average molecular weight is 403 g/mol. The number of benzene rings is 2. The molecule has 1 aliphatic carbocycles. The van der Waals surface area contributed by atoms with Crippen molar-refractivity contribution in [2.45, 2.75) is 44.7 Å². The summed E-state index contributed by atoms with van der Waals surface area (Å²) in [4.78, 5) is 9.75. The minimum absolute atomic E-state index is 0.690. The molecule has 3 aromatic rings. The minimum Gasteiger partial charge on any atom is -0.338 e. The molecule has 1 atom stereocenters. The number of aromatic nitrogens is 2. The summed E-state index contributed by atoms with van der Waals surface area (Å²) in [7, 11) is 0. The number of rotatable bonds is 6. The Morgan fingerprint density at radius 2 is 1.63 bits per heavy atom. The lowest BCUT2D eigenvalue weighted by Gasteiger charge is -2.40. The molecule has 0 radical (unpaired) electrons. The van der Waals surface area contributed by atoms with Gasteiger partial charge >= 0.3 is 0 Å². The molecule has 1 fully saturated rings. The number of nitrogens with zero attached hydrogens (tertiary/aromatic N) is 4. The molecular formula is C25H30N4O. The maximum absolute atomic E-state index is 5.52. The molecule has 0 saturated carbocycles. The Balaban J connectivity index is 1.09. The van der Waals surface area contributed by atoms with Gasteiger partial charge in [-0.3, -0.25) is 9.80 Å². The van der Waals surface area contributed by atoms with E-state index in [-0.39, 0.29) is 0 Å². The van der Waals surface area contributed by atoms with Crippen LogP contribution in [0, 0.1) is 0 Å². The van der Waals surface area contributed by atoms with E-state index >= 15 is 0 Å². The van der Waals surface area contributed by atoms with Gasteiger partial charge < -0.3 is 4.52 Å². The van der Waals surface area contributed by atoms with Crippen LogP contribution < -0.4 is 0 Å². The molecule has 156 valence electrons. The fraction of sp³-hybridized carbons (Fsp3) is 0.440. The van der Waals surface area contributed by atoms with Crippen molar-refractivity contribution < 1.29 is 4.52 Å². The van der Waals surface area contributed by atoms with E-state index in [1.807, 2.05) is 6.07 Å². The maximum Gasteiger partial charge on any atom is 0.240 e. The lowest BCUT2D eigenvalue weighted by molar-refractivity contribution is 0.0795. The Morgan fingerprint density at radius 3 is 2.47 bits per heavy atom. The minimum atomic E-state index is 0.690. The molecule has 2 aromatic carbocycles. The topological polar surface area (TPSA) is 45.4 Å². The van der Waals surface area contributed by atoms with Gasteiger partial charge in [-0.15, -0.1) is 0 Å². The van der Waals surface area contributed by atoms with Gasteiger partial charge in [0.2, 0.25) is 5.89 Å². The molecule has 2 heterocycles. The third-order valence-corrected chi connectivity index (χ3v) is 6.59. The molecule has 5 rings (SSSR count). The van der Waals surface area contributed by atoms with Crippen LogP contribution in [0.1, 0.15) is 34.8 Å². The SMILES string of the molecule is c1ccc(CCc2noc(CN3CCN(C4CCc5ccccc5C4)CC3)n2)cc1. The van der Waals surface area contributed by atoms with Gasteiger partial charge in [0.05, 0.1) is 6.54 Å². The van der Waals surface area contributed by atoms with Gasteiger partial charge in [0.1, 0.15) is 0 Å². The lowest BCUT2D eigenvalue weighted by atomic mass is 9.87. The fourth-order valence-corrected chi connectivity index (χ4v) is 4.82. The molecule has 0 spiro atoms. The van der Waals surface area contributed by atoms with Gasteiger partial charge in [0.25, 0.3) is 0 Å². The van der Waals surface area contributed by atoms with Crippen LogP contribution in [0.2, 0.25) is 0 Å². The summed E-state index contributed by atoms with van der Waals surface area (Å²) in [6.07, 6.45) is 5.47. The second-order valence-electron chi connectivity index (χ2n) is 8.57. The van der Waals surface area contributed by atoms with Crippen molar-refractivity contribution in [3.8, 4) is 0 Å². The standard InChI is InChI=1S/C25H30N4O/c1-2-6-20(7-3-1)10-13-24-26-25(30-27-24)19-28-14-16-29(17-15-28)23-12-11-21-8-4-5-9-22(21)18-23/h1-9,23H,10-19H2. The van der Waals surface area contributed by atoms with Gasteiger partial charge in [-0.05, 0) is 42.4 Å². The van der Waals surface area contributed by atoms with Crippen molar-refractivity contribution in [2.75, 3.05) is 26.2 Å². The number of hydrogen-bond acceptors (Lipinski definition) is 5. The summed E-state index contributed by atoms with van der Waals surface area (Å²) in [5.74, 6) is 1.56. The first-order valence-electron chi connectivity index (χ1n) is 11.2. The van der Waals surface area contributed by atoms with Gasteiger partial charge in [0, 0.05) is 38.6 Å². The summed E-state index contributed by atoms with van der Waals surface area (Å²) in [6, 6.07) is 20.1. The molecule has 1 aromatic heterocycles. The average Bonchev–Trinajstić information content (AvgIpc) is 3.26. The molecule has 0 N–H and O–H groups in total. The Kier molecular flexibility index (Phi) is 5.91. The quantitative estimate of drug-likeness (QED) is 0.631. The van der Waals surface area contributed by atoms with Crippen LogP contribution in [0.5, 0.6) is 0 Å². The normalized spacial score (nSPS) is 20.2. The van der Waals surface area contributed by atoms with Crippen molar-refractivity contribution >= 4 is 0 Å². The second kappa shape index (κ2) is 9.11. The van der Waals surface area contributed by atoms with E-state index in [9.17, 15) is 0 Å². The number of fused-ring (bicyclic) bond motifs is 1. The first kappa shape index (κ1) is 19.5. The largest absolute Gasteiger partial charge is 0.338 e. The first-order valence-corrected chi connectivity index (χ1v) is 11.2. The van der Waals surface area contributed by atoms with Crippen molar-refractivity contribution in [1.82, 2.24) is 19.9 Å². The van der Waals surface area contributed by atoms with Crippen LogP contribution >= 0.6 is 0 Å². The van der Waals surface area contributed by atoms with E-state index < -0.39 is 0 Å². The monoisotopic (exact) mass is 402 g/mol. The lowest BCUT2D eigenvalue weighted by Crippen LogP contribution is -2.51. The zero-order chi connectivity index (χ0) is 20.2. The first-order chi connectivity index (χ1) is 14.8. The van der Waals surface area contributed by atoms with E-state index in [0.717, 1.165) is 57.3 Å². The van der Waals surface area contributed by atoms with Gasteiger partial charge in [-0.1, -0.05) is 59.8 Å². The highest BCUT2D eigenvalue weighted by atomic mass is 16.5. The fourth-order valence-electron chi connectivity index (χ4n) is 4.82. The molecule has 1 unspecified atom stereocenters. The molecule has 2 aliphatic rings.